The van der Waals surface area contributed by atoms with Crippen molar-refractivity contribution < 1.29 is 23.9 Å². The second-order valence-electron chi connectivity index (χ2n) is 7.41. The summed E-state index contributed by atoms with van der Waals surface area (Å²) in [6.07, 6.45) is -0.272. The van der Waals surface area contributed by atoms with E-state index >= 15 is 0 Å². The van der Waals surface area contributed by atoms with Crippen molar-refractivity contribution in [2.24, 2.45) is 0 Å². The van der Waals surface area contributed by atoms with E-state index in [1.807, 2.05) is 52.0 Å². The fourth-order valence-corrected chi connectivity index (χ4v) is 2.87. The second-order valence-corrected chi connectivity index (χ2v) is 7.41. The van der Waals surface area contributed by atoms with Crippen LogP contribution in [0, 0.1) is 0 Å². The van der Waals surface area contributed by atoms with E-state index in [0.717, 1.165) is 11.2 Å². The molecule has 2 saturated heterocycles. The first-order chi connectivity index (χ1) is 11.2. The van der Waals surface area contributed by atoms with Crippen molar-refractivity contribution in [3.8, 4) is 5.75 Å². The molecule has 7 heteroatoms. The Kier molecular flexibility index (Phi) is 4.26. The van der Waals surface area contributed by atoms with Crippen LogP contribution in [0.1, 0.15) is 34.1 Å². The van der Waals surface area contributed by atoms with E-state index in [2.05, 4.69) is 0 Å². The van der Waals surface area contributed by atoms with Crippen LogP contribution in [-0.4, -0.2) is 53.6 Å². The molecule has 0 bridgehead atoms. The molecule has 1 atom stereocenters. The molecule has 1 amide bonds. The Morgan fingerprint density at radius 2 is 1.79 bits per heavy atom. The number of ether oxygens (including phenoxy) is 1. The normalized spacial score (nSPS) is 25.1. The fourth-order valence-electron chi connectivity index (χ4n) is 2.87. The van der Waals surface area contributed by atoms with E-state index in [0.29, 0.717) is 19.5 Å². The monoisotopic (exact) mass is 333 g/mol. The SMILES string of the molecule is CC1(C)OB(c2ccc(O[C@H]3CCN(C(=O)O)C3)cc2)OC1(C)C. The zero-order valence-corrected chi connectivity index (χ0v) is 14.6. The predicted molar refractivity (Wildman–Crippen MR) is 90.8 cm³/mol. The highest BCUT2D eigenvalue weighted by Crippen LogP contribution is 2.36. The summed E-state index contributed by atoms with van der Waals surface area (Å²) in [5.74, 6) is 0.729. The van der Waals surface area contributed by atoms with Crippen molar-refractivity contribution >= 4 is 18.7 Å². The lowest BCUT2D eigenvalue weighted by Crippen LogP contribution is -2.41. The quantitative estimate of drug-likeness (QED) is 0.858. The Morgan fingerprint density at radius 1 is 1.21 bits per heavy atom. The standard InChI is InChI=1S/C17H24BNO5/c1-16(2)17(3,4)24-18(23-16)12-5-7-13(8-6-12)22-14-9-10-19(11-14)15(20)21/h5-8,14H,9-11H2,1-4H3,(H,20,21)/t14-/m0/s1. The minimum atomic E-state index is -0.891. The molecule has 1 aromatic rings. The average molecular weight is 333 g/mol. The molecule has 2 aliphatic rings. The molecule has 2 heterocycles. The van der Waals surface area contributed by atoms with Crippen molar-refractivity contribution in [3.05, 3.63) is 24.3 Å². The number of benzene rings is 1. The van der Waals surface area contributed by atoms with Gasteiger partial charge in [0, 0.05) is 13.0 Å². The number of hydrogen-bond acceptors (Lipinski definition) is 4. The van der Waals surface area contributed by atoms with Gasteiger partial charge in [-0.3, -0.25) is 0 Å². The Bertz CT molecular complexity index is 600. The third-order valence-corrected chi connectivity index (χ3v) is 5.12. The smallest absolute Gasteiger partial charge is 0.489 e. The first-order valence-corrected chi connectivity index (χ1v) is 8.28. The molecular weight excluding hydrogens is 309 g/mol. The highest BCUT2D eigenvalue weighted by molar-refractivity contribution is 6.62. The van der Waals surface area contributed by atoms with Crippen LogP contribution in [0.4, 0.5) is 4.79 Å². The number of carbonyl (C=O) groups is 1. The number of amides is 1. The summed E-state index contributed by atoms with van der Waals surface area (Å²) in [4.78, 5) is 12.3. The zero-order valence-electron chi connectivity index (χ0n) is 14.6. The van der Waals surface area contributed by atoms with Gasteiger partial charge in [0.25, 0.3) is 0 Å². The van der Waals surface area contributed by atoms with Gasteiger partial charge in [0.05, 0.1) is 17.7 Å². The number of hydrogen-bond donors (Lipinski definition) is 1. The molecule has 1 aromatic carbocycles. The van der Waals surface area contributed by atoms with Gasteiger partial charge in [0.1, 0.15) is 11.9 Å². The molecule has 0 aliphatic carbocycles. The second kappa shape index (κ2) is 5.97. The van der Waals surface area contributed by atoms with Gasteiger partial charge in [-0.05, 0) is 45.3 Å². The third kappa shape index (κ3) is 3.23. The summed E-state index contributed by atoms with van der Waals surface area (Å²) in [6.45, 7) is 9.04. The summed E-state index contributed by atoms with van der Waals surface area (Å²) in [7, 11) is -0.391. The van der Waals surface area contributed by atoms with E-state index in [4.69, 9.17) is 19.2 Å². The van der Waals surface area contributed by atoms with Crippen LogP contribution in [0.2, 0.25) is 0 Å². The summed E-state index contributed by atoms with van der Waals surface area (Å²) < 4.78 is 17.9. The Morgan fingerprint density at radius 3 is 2.29 bits per heavy atom. The van der Waals surface area contributed by atoms with E-state index < -0.39 is 13.2 Å². The lowest BCUT2D eigenvalue weighted by atomic mass is 9.79. The van der Waals surface area contributed by atoms with Gasteiger partial charge in [0.15, 0.2) is 0 Å². The molecule has 1 N–H and O–H groups in total. The summed E-state index contributed by atoms with van der Waals surface area (Å²) >= 11 is 0. The Labute approximate surface area is 142 Å². The van der Waals surface area contributed by atoms with E-state index in [1.165, 1.54) is 4.90 Å². The molecule has 0 spiro atoms. The highest BCUT2D eigenvalue weighted by atomic mass is 16.7. The molecular formula is C17H24BNO5. The first kappa shape index (κ1) is 17.1. The van der Waals surface area contributed by atoms with E-state index in [1.54, 1.807) is 0 Å². The van der Waals surface area contributed by atoms with Gasteiger partial charge in [-0.2, -0.15) is 0 Å². The first-order valence-electron chi connectivity index (χ1n) is 8.28. The van der Waals surface area contributed by atoms with E-state index in [9.17, 15) is 4.79 Å². The summed E-state index contributed by atoms with van der Waals surface area (Å²) in [5.41, 5.74) is 0.216. The van der Waals surface area contributed by atoms with Crippen LogP contribution in [0.3, 0.4) is 0 Å². The van der Waals surface area contributed by atoms with Gasteiger partial charge in [-0.25, -0.2) is 4.79 Å². The molecule has 2 fully saturated rings. The maximum Gasteiger partial charge on any atom is 0.494 e. The Balaban J connectivity index is 1.62. The molecule has 0 radical (unpaired) electrons. The largest absolute Gasteiger partial charge is 0.494 e. The maximum absolute atomic E-state index is 10.9. The molecule has 2 aliphatic heterocycles. The van der Waals surface area contributed by atoms with Crippen LogP contribution >= 0.6 is 0 Å². The number of nitrogens with zero attached hydrogens (tertiary/aromatic N) is 1. The highest BCUT2D eigenvalue weighted by Gasteiger charge is 2.51. The summed E-state index contributed by atoms with van der Waals surface area (Å²) in [5, 5.41) is 8.98. The van der Waals surface area contributed by atoms with Gasteiger partial charge in [-0.1, -0.05) is 12.1 Å². The maximum atomic E-state index is 10.9. The van der Waals surface area contributed by atoms with Crippen LogP contribution in [0.25, 0.3) is 0 Å². The van der Waals surface area contributed by atoms with Crippen molar-refractivity contribution in [1.29, 1.82) is 0 Å². The fraction of sp³-hybridized carbons (Fsp3) is 0.588. The minimum Gasteiger partial charge on any atom is -0.489 e. The van der Waals surface area contributed by atoms with Crippen LogP contribution < -0.4 is 10.2 Å². The van der Waals surface area contributed by atoms with Crippen LogP contribution in [0.15, 0.2) is 24.3 Å². The summed E-state index contributed by atoms with van der Waals surface area (Å²) in [6, 6.07) is 7.62. The minimum absolute atomic E-state index is 0.0937. The van der Waals surface area contributed by atoms with Crippen molar-refractivity contribution in [2.75, 3.05) is 13.1 Å². The van der Waals surface area contributed by atoms with Gasteiger partial charge in [-0.15, -0.1) is 0 Å². The molecule has 130 valence electrons. The topological polar surface area (TPSA) is 68.2 Å². The van der Waals surface area contributed by atoms with Crippen molar-refractivity contribution in [1.82, 2.24) is 4.90 Å². The number of carboxylic acid groups (broad SMARTS) is 1. The number of likely N-dealkylation sites (tertiary alicyclic amines) is 1. The lowest BCUT2D eigenvalue weighted by molar-refractivity contribution is 0.00578. The van der Waals surface area contributed by atoms with Crippen molar-refractivity contribution in [3.63, 3.8) is 0 Å². The lowest BCUT2D eigenvalue weighted by Gasteiger charge is -2.32. The molecule has 6 nitrogen and oxygen atoms in total. The van der Waals surface area contributed by atoms with Crippen LogP contribution in [-0.2, 0) is 9.31 Å². The van der Waals surface area contributed by atoms with Gasteiger partial charge < -0.3 is 24.1 Å². The van der Waals surface area contributed by atoms with Crippen LogP contribution in [0.5, 0.6) is 5.75 Å². The molecule has 0 aromatic heterocycles. The molecule has 0 unspecified atom stereocenters. The third-order valence-electron chi connectivity index (χ3n) is 5.12. The molecule has 0 saturated carbocycles. The predicted octanol–water partition coefficient (Wildman–Crippen LogP) is 2.12. The molecule has 24 heavy (non-hydrogen) atoms. The van der Waals surface area contributed by atoms with E-state index in [-0.39, 0.29) is 17.3 Å². The van der Waals surface area contributed by atoms with Gasteiger partial charge >= 0.3 is 13.2 Å². The number of rotatable bonds is 3. The van der Waals surface area contributed by atoms with Gasteiger partial charge in [0.2, 0.25) is 0 Å². The zero-order chi connectivity index (χ0) is 17.5. The Hall–Kier alpha value is -1.73. The average Bonchev–Trinajstić information content (AvgIpc) is 3.03. The van der Waals surface area contributed by atoms with Crippen molar-refractivity contribution in [2.45, 2.75) is 51.4 Å². The molecule has 3 rings (SSSR count).